The predicted molar refractivity (Wildman–Crippen MR) is 64.3 cm³/mol. The number of nitrogens with zero attached hydrogens (tertiary/aromatic N) is 2. The number of aliphatic carboxylic acids is 1. The van der Waals surface area contributed by atoms with E-state index >= 15 is 0 Å². The largest absolute Gasteiger partial charge is 0.481 e. The summed E-state index contributed by atoms with van der Waals surface area (Å²) < 4.78 is 4.91. The summed E-state index contributed by atoms with van der Waals surface area (Å²) in [6.07, 6.45) is 2.55. The lowest BCUT2D eigenvalue weighted by atomic mass is 10.1. The maximum Gasteiger partial charge on any atom is 0.306 e. The van der Waals surface area contributed by atoms with Crippen molar-refractivity contribution < 1.29 is 19.2 Å². The van der Waals surface area contributed by atoms with Gasteiger partial charge in [0.05, 0.1) is 5.92 Å². The second-order valence-corrected chi connectivity index (χ2v) is 4.85. The van der Waals surface area contributed by atoms with Gasteiger partial charge in [-0.1, -0.05) is 5.16 Å². The molecule has 1 aliphatic rings. The summed E-state index contributed by atoms with van der Waals surface area (Å²) in [5.41, 5.74) is 0. The van der Waals surface area contributed by atoms with Crippen LogP contribution in [0, 0.1) is 12.8 Å². The molecule has 1 aromatic rings. The van der Waals surface area contributed by atoms with E-state index in [4.69, 9.17) is 9.63 Å². The first-order valence-electron chi connectivity index (χ1n) is 6.36. The van der Waals surface area contributed by atoms with Gasteiger partial charge in [0.1, 0.15) is 0 Å². The molecule has 2 unspecified atom stereocenters. The fraction of sp³-hybridized carbons (Fsp3) is 0.667. The Bertz CT molecular complexity index is 471. The molecule has 7 nitrogen and oxygen atoms in total. The van der Waals surface area contributed by atoms with E-state index in [0.29, 0.717) is 31.0 Å². The zero-order chi connectivity index (χ0) is 13.8. The first-order chi connectivity index (χ1) is 9.04. The average Bonchev–Trinajstić information content (AvgIpc) is 2.96. The number of nitrogens with one attached hydrogen (secondary N) is 1. The van der Waals surface area contributed by atoms with Crippen molar-refractivity contribution in [2.24, 2.45) is 5.92 Å². The van der Waals surface area contributed by atoms with Crippen LogP contribution in [0.4, 0.5) is 0 Å². The number of carbonyl (C=O) groups is 2. The summed E-state index contributed by atoms with van der Waals surface area (Å²) in [7, 11) is 0. The Morgan fingerprint density at radius 2 is 2.26 bits per heavy atom. The molecular formula is C12H17N3O4. The first kappa shape index (κ1) is 13.5. The van der Waals surface area contributed by atoms with Gasteiger partial charge in [-0.3, -0.25) is 9.59 Å². The monoisotopic (exact) mass is 267 g/mol. The van der Waals surface area contributed by atoms with Crippen LogP contribution in [-0.4, -0.2) is 33.2 Å². The van der Waals surface area contributed by atoms with Gasteiger partial charge < -0.3 is 14.9 Å². The zero-order valence-corrected chi connectivity index (χ0v) is 10.8. The van der Waals surface area contributed by atoms with Crippen LogP contribution >= 0.6 is 0 Å². The van der Waals surface area contributed by atoms with Gasteiger partial charge in [-0.05, 0) is 26.2 Å². The molecule has 1 saturated carbocycles. The molecule has 1 heterocycles. The molecule has 0 bridgehead atoms. The van der Waals surface area contributed by atoms with Gasteiger partial charge in [0.25, 0.3) is 0 Å². The van der Waals surface area contributed by atoms with E-state index < -0.39 is 5.97 Å². The molecule has 0 radical (unpaired) electrons. The lowest BCUT2D eigenvalue weighted by molar-refractivity contribution is -0.141. The van der Waals surface area contributed by atoms with E-state index in [2.05, 4.69) is 15.5 Å². The third kappa shape index (κ3) is 3.77. The van der Waals surface area contributed by atoms with Crippen molar-refractivity contribution in [2.75, 3.05) is 0 Å². The summed E-state index contributed by atoms with van der Waals surface area (Å²) in [5, 5.41) is 15.4. The van der Waals surface area contributed by atoms with Crippen molar-refractivity contribution >= 4 is 11.9 Å². The maximum atomic E-state index is 11.7. The number of aromatic nitrogens is 2. The normalized spacial score (nSPS) is 22.4. The molecule has 1 amide bonds. The highest BCUT2D eigenvalue weighted by molar-refractivity contribution is 5.77. The minimum atomic E-state index is -0.780. The second-order valence-electron chi connectivity index (χ2n) is 4.85. The van der Waals surface area contributed by atoms with Gasteiger partial charge in [-0.25, -0.2) is 0 Å². The molecule has 19 heavy (non-hydrogen) atoms. The van der Waals surface area contributed by atoms with Gasteiger partial charge in [-0.15, -0.1) is 0 Å². The Balaban J connectivity index is 1.72. The van der Waals surface area contributed by atoms with Gasteiger partial charge in [-0.2, -0.15) is 4.98 Å². The highest BCUT2D eigenvalue weighted by Gasteiger charge is 2.30. The third-order valence-electron chi connectivity index (χ3n) is 3.28. The molecule has 7 heteroatoms. The lowest BCUT2D eigenvalue weighted by Crippen LogP contribution is -2.33. The van der Waals surface area contributed by atoms with Crippen molar-refractivity contribution in [3.8, 4) is 0 Å². The van der Waals surface area contributed by atoms with Crippen LogP contribution in [0.1, 0.15) is 37.4 Å². The van der Waals surface area contributed by atoms with Crippen LogP contribution in [0.25, 0.3) is 0 Å². The van der Waals surface area contributed by atoms with E-state index in [-0.39, 0.29) is 24.3 Å². The van der Waals surface area contributed by atoms with E-state index in [9.17, 15) is 9.59 Å². The number of aryl methyl sites for hydroxylation is 2. The van der Waals surface area contributed by atoms with Crippen molar-refractivity contribution in [2.45, 2.75) is 45.1 Å². The maximum absolute atomic E-state index is 11.7. The average molecular weight is 267 g/mol. The minimum Gasteiger partial charge on any atom is -0.481 e. The molecule has 1 aliphatic carbocycles. The van der Waals surface area contributed by atoms with Gasteiger partial charge in [0.15, 0.2) is 5.82 Å². The molecule has 2 N–H and O–H groups in total. The Morgan fingerprint density at radius 3 is 2.84 bits per heavy atom. The van der Waals surface area contributed by atoms with Crippen molar-refractivity contribution in [1.82, 2.24) is 15.5 Å². The van der Waals surface area contributed by atoms with Crippen molar-refractivity contribution in [3.63, 3.8) is 0 Å². The SMILES string of the molecule is Cc1noc(CCC(=O)NC2CCC(C(=O)O)C2)n1. The lowest BCUT2D eigenvalue weighted by Gasteiger charge is -2.11. The standard InChI is InChI=1S/C12H17N3O4/c1-7-13-11(19-15-7)5-4-10(16)14-9-3-2-8(6-9)12(17)18/h8-9H,2-6H2,1H3,(H,14,16)(H,17,18). The quantitative estimate of drug-likeness (QED) is 0.812. The molecule has 0 aliphatic heterocycles. The fourth-order valence-corrected chi connectivity index (χ4v) is 2.30. The number of carboxylic acid groups (broad SMARTS) is 1. The van der Waals surface area contributed by atoms with Crippen LogP contribution in [-0.2, 0) is 16.0 Å². The summed E-state index contributed by atoms with van der Waals surface area (Å²) >= 11 is 0. The molecule has 1 aromatic heterocycles. The Morgan fingerprint density at radius 1 is 1.47 bits per heavy atom. The summed E-state index contributed by atoms with van der Waals surface area (Å²) in [4.78, 5) is 26.5. The summed E-state index contributed by atoms with van der Waals surface area (Å²) in [6.45, 7) is 1.72. The first-order valence-corrected chi connectivity index (χ1v) is 6.36. The van der Waals surface area contributed by atoms with Gasteiger partial charge in [0.2, 0.25) is 11.8 Å². The van der Waals surface area contributed by atoms with E-state index in [1.54, 1.807) is 6.92 Å². The van der Waals surface area contributed by atoms with Crippen molar-refractivity contribution in [1.29, 1.82) is 0 Å². The molecule has 1 fully saturated rings. The molecule has 2 rings (SSSR count). The Hall–Kier alpha value is -1.92. The highest BCUT2D eigenvalue weighted by Crippen LogP contribution is 2.25. The van der Waals surface area contributed by atoms with E-state index in [1.807, 2.05) is 0 Å². The number of carbonyl (C=O) groups excluding carboxylic acids is 1. The van der Waals surface area contributed by atoms with Crippen LogP contribution < -0.4 is 5.32 Å². The summed E-state index contributed by atoms with van der Waals surface area (Å²) in [5.74, 6) is -0.216. The third-order valence-corrected chi connectivity index (χ3v) is 3.28. The Kier molecular flexibility index (Phi) is 4.13. The number of amides is 1. The van der Waals surface area contributed by atoms with Crippen LogP contribution in [0.2, 0.25) is 0 Å². The molecule has 2 atom stereocenters. The fourth-order valence-electron chi connectivity index (χ4n) is 2.30. The molecular weight excluding hydrogens is 250 g/mol. The zero-order valence-electron chi connectivity index (χ0n) is 10.8. The van der Waals surface area contributed by atoms with E-state index in [1.165, 1.54) is 0 Å². The van der Waals surface area contributed by atoms with Crippen molar-refractivity contribution in [3.05, 3.63) is 11.7 Å². The van der Waals surface area contributed by atoms with Crippen LogP contribution in [0.5, 0.6) is 0 Å². The smallest absolute Gasteiger partial charge is 0.306 e. The van der Waals surface area contributed by atoms with Crippen LogP contribution in [0.3, 0.4) is 0 Å². The molecule has 0 saturated heterocycles. The number of carboxylic acids is 1. The number of hydrogen-bond acceptors (Lipinski definition) is 5. The number of hydrogen-bond donors (Lipinski definition) is 2. The van der Waals surface area contributed by atoms with Crippen LogP contribution in [0.15, 0.2) is 4.52 Å². The van der Waals surface area contributed by atoms with Gasteiger partial charge in [0, 0.05) is 18.9 Å². The molecule has 104 valence electrons. The topological polar surface area (TPSA) is 105 Å². The number of rotatable bonds is 5. The second kappa shape index (κ2) is 5.81. The highest BCUT2D eigenvalue weighted by atomic mass is 16.5. The Labute approximate surface area is 110 Å². The summed E-state index contributed by atoms with van der Waals surface area (Å²) in [6, 6.07) is -0.0296. The predicted octanol–water partition coefficient (Wildman–Crippen LogP) is 0.680. The molecule has 0 spiro atoms. The molecule has 0 aromatic carbocycles. The minimum absolute atomic E-state index is 0.0296. The van der Waals surface area contributed by atoms with E-state index in [0.717, 1.165) is 6.42 Å². The van der Waals surface area contributed by atoms with Gasteiger partial charge >= 0.3 is 5.97 Å².